The van der Waals surface area contributed by atoms with E-state index in [0.29, 0.717) is 12.3 Å². The van der Waals surface area contributed by atoms with Crippen LogP contribution in [0.1, 0.15) is 35.7 Å². The molecule has 28 heavy (non-hydrogen) atoms. The highest BCUT2D eigenvalue weighted by atomic mass is 32.2. The second-order valence-electron chi connectivity index (χ2n) is 6.56. The average molecular weight is 397 g/mol. The summed E-state index contributed by atoms with van der Waals surface area (Å²) in [7, 11) is -1.21. The molecule has 0 radical (unpaired) electrons. The van der Waals surface area contributed by atoms with E-state index in [4.69, 9.17) is 9.15 Å². The highest BCUT2D eigenvalue weighted by molar-refractivity contribution is 7.84. The van der Waals surface area contributed by atoms with E-state index in [9.17, 15) is 9.00 Å². The molecule has 0 saturated carbocycles. The van der Waals surface area contributed by atoms with Crippen molar-refractivity contribution < 1.29 is 18.2 Å². The third-order valence-electron chi connectivity index (χ3n) is 3.91. The molecular formula is C22H23NO4S. The van der Waals surface area contributed by atoms with Gasteiger partial charge in [-0.05, 0) is 55.8 Å². The molecule has 0 fully saturated rings. The molecule has 0 spiro atoms. The molecule has 1 heterocycles. The average Bonchev–Trinajstić information content (AvgIpc) is 3.16. The quantitative estimate of drug-likeness (QED) is 0.615. The lowest BCUT2D eigenvalue weighted by atomic mass is 10.2. The number of furan rings is 1. The number of rotatable bonds is 8. The van der Waals surface area contributed by atoms with Crippen molar-refractivity contribution in [3.8, 4) is 5.75 Å². The molecule has 2 aromatic carbocycles. The maximum Gasteiger partial charge on any atom is 0.287 e. The Morgan fingerprint density at radius 2 is 1.75 bits per heavy atom. The van der Waals surface area contributed by atoms with E-state index in [1.807, 2.05) is 68.4 Å². The fraction of sp³-hybridized carbons (Fsp3) is 0.227. The maximum atomic E-state index is 12.3. The predicted octanol–water partition coefficient (Wildman–Crippen LogP) is 4.30. The van der Waals surface area contributed by atoms with Crippen molar-refractivity contribution in [3.63, 3.8) is 0 Å². The monoisotopic (exact) mass is 397 g/mol. The van der Waals surface area contributed by atoms with Gasteiger partial charge in [0.25, 0.3) is 5.91 Å². The normalized spacial score (nSPS) is 12.0. The first-order chi connectivity index (χ1) is 13.5. The van der Waals surface area contributed by atoms with E-state index in [2.05, 4.69) is 5.32 Å². The first kappa shape index (κ1) is 19.9. The van der Waals surface area contributed by atoms with Gasteiger partial charge in [-0.3, -0.25) is 9.00 Å². The maximum absolute atomic E-state index is 12.3. The third kappa shape index (κ3) is 5.57. The van der Waals surface area contributed by atoms with Crippen molar-refractivity contribution in [2.75, 3.05) is 0 Å². The van der Waals surface area contributed by atoms with Gasteiger partial charge in [-0.25, -0.2) is 0 Å². The van der Waals surface area contributed by atoms with Crippen molar-refractivity contribution in [1.82, 2.24) is 5.32 Å². The van der Waals surface area contributed by atoms with Crippen LogP contribution in [0.5, 0.6) is 5.75 Å². The Morgan fingerprint density at radius 3 is 2.43 bits per heavy atom. The lowest BCUT2D eigenvalue weighted by Gasteiger charge is -2.10. The van der Waals surface area contributed by atoms with Crippen LogP contribution in [0.25, 0.3) is 0 Å². The van der Waals surface area contributed by atoms with Crippen LogP contribution in [-0.2, 0) is 23.1 Å². The highest BCUT2D eigenvalue weighted by Gasteiger charge is 2.13. The molecule has 0 aliphatic rings. The summed E-state index contributed by atoms with van der Waals surface area (Å²) in [5.74, 6) is 1.45. The number of hydrogen-bond donors (Lipinski definition) is 1. The van der Waals surface area contributed by atoms with E-state index in [1.54, 1.807) is 12.1 Å². The lowest BCUT2D eigenvalue weighted by Crippen LogP contribution is -2.22. The summed E-state index contributed by atoms with van der Waals surface area (Å²) in [4.78, 5) is 13.0. The molecular weight excluding hydrogens is 374 g/mol. The number of amides is 1. The Hall–Kier alpha value is -2.86. The van der Waals surface area contributed by atoms with Gasteiger partial charge in [0.15, 0.2) is 5.76 Å². The Morgan fingerprint density at radius 1 is 1.04 bits per heavy atom. The largest absolute Gasteiger partial charge is 0.491 e. The van der Waals surface area contributed by atoms with Crippen molar-refractivity contribution in [1.29, 1.82) is 0 Å². The molecule has 1 amide bonds. The van der Waals surface area contributed by atoms with Gasteiger partial charge in [0.1, 0.15) is 11.5 Å². The predicted molar refractivity (Wildman–Crippen MR) is 109 cm³/mol. The molecule has 0 aliphatic carbocycles. The topological polar surface area (TPSA) is 68.5 Å². The molecule has 3 rings (SSSR count). The first-order valence-corrected chi connectivity index (χ1v) is 10.4. The van der Waals surface area contributed by atoms with Crippen LogP contribution < -0.4 is 10.1 Å². The number of carbonyl (C=O) groups is 1. The van der Waals surface area contributed by atoms with Crippen molar-refractivity contribution in [3.05, 3.63) is 83.8 Å². The molecule has 0 bridgehead atoms. The molecule has 6 heteroatoms. The second kappa shape index (κ2) is 9.37. The van der Waals surface area contributed by atoms with Crippen LogP contribution in [0.15, 0.2) is 76.0 Å². The standard InChI is InChI=1S/C22H23NO4S/c1-16(2)26-18-10-8-17(9-11-18)14-23-22(24)21-13-12-19(27-21)15-28(25)20-6-4-3-5-7-20/h3-13,16H,14-15H2,1-2H3,(H,23,24)/t28-/m1/s1. The smallest absolute Gasteiger partial charge is 0.287 e. The number of hydrogen-bond acceptors (Lipinski definition) is 4. The van der Waals surface area contributed by atoms with Crippen molar-refractivity contribution in [2.45, 2.75) is 37.1 Å². The Bertz CT molecular complexity index is 933. The molecule has 1 atom stereocenters. The minimum absolute atomic E-state index is 0.120. The van der Waals surface area contributed by atoms with Crippen LogP contribution in [0.3, 0.4) is 0 Å². The number of ether oxygens (including phenoxy) is 1. The summed E-state index contributed by atoms with van der Waals surface area (Å²) >= 11 is 0. The highest BCUT2D eigenvalue weighted by Crippen LogP contribution is 2.16. The minimum Gasteiger partial charge on any atom is -0.491 e. The fourth-order valence-corrected chi connectivity index (χ4v) is 3.63. The SMILES string of the molecule is CC(C)Oc1ccc(CNC(=O)c2ccc(C[S@@](=O)c3ccccc3)o2)cc1. The molecule has 146 valence electrons. The summed E-state index contributed by atoms with van der Waals surface area (Å²) in [5.41, 5.74) is 0.960. The summed E-state index contributed by atoms with van der Waals surface area (Å²) < 4.78 is 23.5. The van der Waals surface area contributed by atoms with E-state index < -0.39 is 10.8 Å². The minimum atomic E-state index is -1.21. The van der Waals surface area contributed by atoms with E-state index >= 15 is 0 Å². The molecule has 1 N–H and O–H groups in total. The fourth-order valence-electron chi connectivity index (χ4n) is 2.59. The van der Waals surface area contributed by atoms with Gasteiger partial charge in [0.2, 0.25) is 0 Å². The Kier molecular flexibility index (Phi) is 6.66. The zero-order valence-electron chi connectivity index (χ0n) is 15.9. The van der Waals surface area contributed by atoms with Crippen molar-refractivity contribution >= 4 is 16.7 Å². The van der Waals surface area contributed by atoms with E-state index in [1.165, 1.54) is 0 Å². The third-order valence-corrected chi connectivity index (χ3v) is 5.26. The zero-order valence-corrected chi connectivity index (χ0v) is 16.7. The molecule has 5 nitrogen and oxygen atoms in total. The van der Waals surface area contributed by atoms with E-state index in [0.717, 1.165) is 16.2 Å². The molecule has 1 aromatic heterocycles. The van der Waals surface area contributed by atoms with Gasteiger partial charge in [-0.1, -0.05) is 30.3 Å². The van der Waals surface area contributed by atoms with Crippen LogP contribution >= 0.6 is 0 Å². The molecule has 0 aliphatic heterocycles. The van der Waals surface area contributed by atoms with Crippen LogP contribution in [0.4, 0.5) is 0 Å². The number of nitrogens with one attached hydrogen (secondary N) is 1. The molecule has 0 saturated heterocycles. The summed E-state index contributed by atoms with van der Waals surface area (Å²) in [5, 5.41) is 2.82. The van der Waals surface area contributed by atoms with Gasteiger partial charge in [0, 0.05) is 11.4 Å². The Labute approximate surface area is 167 Å². The Balaban J connectivity index is 1.53. The van der Waals surface area contributed by atoms with Crippen LogP contribution in [-0.4, -0.2) is 16.2 Å². The van der Waals surface area contributed by atoms with Gasteiger partial charge in [-0.2, -0.15) is 0 Å². The summed E-state index contributed by atoms with van der Waals surface area (Å²) in [6.45, 7) is 4.33. The van der Waals surface area contributed by atoms with Gasteiger partial charge < -0.3 is 14.5 Å². The summed E-state index contributed by atoms with van der Waals surface area (Å²) in [6.07, 6.45) is 0.120. The van der Waals surface area contributed by atoms with Crippen LogP contribution in [0, 0.1) is 0 Å². The van der Waals surface area contributed by atoms with E-state index in [-0.39, 0.29) is 23.5 Å². The number of carbonyl (C=O) groups excluding carboxylic acids is 1. The van der Waals surface area contributed by atoms with Crippen LogP contribution in [0.2, 0.25) is 0 Å². The van der Waals surface area contributed by atoms with Crippen molar-refractivity contribution in [2.24, 2.45) is 0 Å². The lowest BCUT2D eigenvalue weighted by molar-refractivity contribution is 0.0921. The van der Waals surface area contributed by atoms with Gasteiger partial charge in [0.05, 0.1) is 22.7 Å². The first-order valence-electron chi connectivity index (χ1n) is 9.07. The second-order valence-corrected chi connectivity index (χ2v) is 8.01. The van der Waals surface area contributed by atoms with Gasteiger partial charge >= 0.3 is 0 Å². The number of benzene rings is 2. The molecule has 0 unspecified atom stereocenters. The van der Waals surface area contributed by atoms with Gasteiger partial charge in [-0.15, -0.1) is 0 Å². The molecule has 3 aromatic rings. The summed E-state index contributed by atoms with van der Waals surface area (Å²) in [6, 6.07) is 20.1. The zero-order chi connectivity index (χ0) is 19.9.